The third-order valence-corrected chi connectivity index (χ3v) is 3.03. The van der Waals surface area contributed by atoms with Gasteiger partial charge in [-0.3, -0.25) is 0 Å². The van der Waals surface area contributed by atoms with Crippen LogP contribution < -0.4 is 0 Å². The highest BCUT2D eigenvalue weighted by atomic mass is 35.5. The third-order valence-electron chi connectivity index (χ3n) is 2.81. The van der Waals surface area contributed by atoms with Gasteiger partial charge in [0.1, 0.15) is 5.82 Å². The number of hydrogen-bond acceptors (Lipinski definition) is 0. The second-order valence-corrected chi connectivity index (χ2v) is 4.79. The van der Waals surface area contributed by atoms with Crippen LogP contribution in [0.4, 0.5) is 4.39 Å². The molecule has 0 heterocycles. The van der Waals surface area contributed by atoms with Crippen LogP contribution in [0.2, 0.25) is 5.02 Å². The fourth-order valence-electron chi connectivity index (χ4n) is 1.85. The highest BCUT2D eigenvalue weighted by molar-refractivity contribution is 6.30. The Hall–Kier alpha value is -1.34. The summed E-state index contributed by atoms with van der Waals surface area (Å²) in [6, 6.07) is 11.4. The van der Waals surface area contributed by atoms with Crippen LogP contribution in [0.15, 0.2) is 36.4 Å². The van der Waals surface area contributed by atoms with Gasteiger partial charge in [0, 0.05) is 11.4 Å². The van der Waals surface area contributed by atoms with Gasteiger partial charge in [-0.2, -0.15) is 0 Å². The van der Waals surface area contributed by atoms with Crippen LogP contribution in [0.1, 0.15) is 22.3 Å². The lowest BCUT2D eigenvalue weighted by molar-refractivity contribution is 0.605. The molecule has 88 valence electrons. The molecule has 0 unspecified atom stereocenters. The Morgan fingerprint density at radius 2 is 1.71 bits per heavy atom. The average Bonchev–Trinajstić information content (AvgIpc) is 2.28. The number of benzene rings is 2. The molecule has 0 amide bonds. The molecule has 0 bridgehead atoms. The first-order chi connectivity index (χ1) is 8.06. The molecule has 0 spiro atoms. The highest BCUT2D eigenvalue weighted by Crippen LogP contribution is 2.21. The highest BCUT2D eigenvalue weighted by Gasteiger charge is 2.07. The first-order valence-electron chi connectivity index (χ1n) is 5.56. The monoisotopic (exact) mass is 248 g/mol. The zero-order chi connectivity index (χ0) is 12.4. The van der Waals surface area contributed by atoms with E-state index in [1.165, 1.54) is 5.56 Å². The van der Waals surface area contributed by atoms with Crippen molar-refractivity contribution in [1.29, 1.82) is 0 Å². The van der Waals surface area contributed by atoms with Gasteiger partial charge in [0.15, 0.2) is 0 Å². The summed E-state index contributed by atoms with van der Waals surface area (Å²) < 4.78 is 13.9. The molecule has 0 aliphatic carbocycles. The van der Waals surface area contributed by atoms with Crippen molar-refractivity contribution in [1.82, 2.24) is 0 Å². The Morgan fingerprint density at radius 3 is 2.35 bits per heavy atom. The van der Waals surface area contributed by atoms with Gasteiger partial charge < -0.3 is 0 Å². The number of rotatable bonds is 2. The van der Waals surface area contributed by atoms with E-state index in [2.05, 4.69) is 0 Å². The molecule has 0 aromatic heterocycles. The summed E-state index contributed by atoms with van der Waals surface area (Å²) in [5.74, 6) is -0.157. The first kappa shape index (κ1) is 12.1. The molecule has 2 aromatic carbocycles. The summed E-state index contributed by atoms with van der Waals surface area (Å²) in [5, 5.41) is 0.589. The molecular formula is C15H14ClF. The lowest BCUT2D eigenvalue weighted by atomic mass is 10.0. The second-order valence-electron chi connectivity index (χ2n) is 4.36. The SMILES string of the molecule is Cc1ccc(Cc2cc(Cl)cc(C)c2F)cc1. The molecule has 2 rings (SSSR count). The Labute approximate surface area is 106 Å². The van der Waals surface area contributed by atoms with E-state index in [1.54, 1.807) is 19.1 Å². The van der Waals surface area contributed by atoms with Gasteiger partial charge in [-0.05, 0) is 42.7 Å². The normalized spacial score (nSPS) is 10.6. The minimum Gasteiger partial charge on any atom is -0.206 e. The molecule has 0 atom stereocenters. The van der Waals surface area contributed by atoms with Gasteiger partial charge in [-0.15, -0.1) is 0 Å². The molecule has 0 nitrogen and oxygen atoms in total. The Bertz CT molecular complexity index is 529. The lowest BCUT2D eigenvalue weighted by Gasteiger charge is -2.07. The quantitative estimate of drug-likeness (QED) is 0.724. The summed E-state index contributed by atoms with van der Waals surface area (Å²) in [6.45, 7) is 3.77. The van der Waals surface area contributed by atoms with Crippen LogP contribution in [0.25, 0.3) is 0 Å². The van der Waals surface area contributed by atoms with E-state index in [-0.39, 0.29) is 5.82 Å². The first-order valence-corrected chi connectivity index (χ1v) is 5.94. The van der Waals surface area contributed by atoms with Crippen molar-refractivity contribution in [3.8, 4) is 0 Å². The van der Waals surface area contributed by atoms with E-state index in [0.717, 1.165) is 5.56 Å². The summed E-state index contributed by atoms with van der Waals surface area (Å²) in [5.41, 5.74) is 3.55. The van der Waals surface area contributed by atoms with E-state index in [9.17, 15) is 4.39 Å². The molecule has 0 fully saturated rings. The molecular weight excluding hydrogens is 235 g/mol. The minimum atomic E-state index is -0.157. The van der Waals surface area contributed by atoms with Gasteiger partial charge in [-0.25, -0.2) is 4.39 Å². The zero-order valence-corrected chi connectivity index (χ0v) is 10.7. The summed E-state index contributed by atoms with van der Waals surface area (Å²) in [4.78, 5) is 0. The van der Waals surface area contributed by atoms with Gasteiger partial charge in [-0.1, -0.05) is 41.4 Å². The molecule has 0 N–H and O–H groups in total. The second kappa shape index (κ2) is 4.89. The molecule has 17 heavy (non-hydrogen) atoms. The predicted molar refractivity (Wildman–Crippen MR) is 70.1 cm³/mol. The largest absolute Gasteiger partial charge is 0.206 e. The molecule has 0 radical (unpaired) electrons. The number of halogens is 2. The number of aryl methyl sites for hydroxylation is 2. The molecule has 0 saturated carbocycles. The standard InChI is InChI=1S/C15H14ClF/c1-10-3-5-12(6-4-10)8-13-9-14(16)7-11(2)15(13)17/h3-7,9H,8H2,1-2H3. The van der Waals surface area contributed by atoms with Crippen molar-refractivity contribution < 1.29 is 4.39 Å². The van der Waals surface area contributed by atoms with Gasteiger partial charge in [0.25, 0.3) is 0 Å². The van der Waals surface area contributed by atoms with Gasteiger partial charge >= 0.3 is 0 Å². The topological polar surface area (TPSA) is 0 Å². The smallest absolute Gasteiger partial charge is 0.129 e. The van der Waals surface area contributed by atoms with E-state index in [0.29, 0.717) is 22.6 Å². The van der Waals surface area contributed by atoms with Crippen LogP contribution in [-0.2, 0) is 6.42 Å². The van der Waals surface area contributed by atoms with Crippen LogP contribution in [0.5, 0.6) is 0 Å². The zero-order valence-electron chi connectivity index (χ0n) is 9.93. The van der Waals surface area contributed by atoms with Crippen molar-refractivity contribution in [2.75, 3.05) is 0 Å². The summed E-state index contributed by atoms with van der Waals surface area (Å²) in [7, 11) is 0. The van der Waals surface area contributed by atoms with Crippen LogP contribution >= 0.6 is 11.6 Å². The van der Waals surface area contributed by atoms with Gasteiger partial charge in [0.2, 0.25) is 0 Å². The van der Waals surface area contributed by atoms with E-state index in [4.69, 9.17) is 11.6 Å². The maximum absolute atomic E-state index is 13.9. The molecule has 2 heteroatoms. The summed E-state index contributed by atoms with van der Waals surface area (Å²) >= 11 is 5.95. The lowest BCUT2D eigenvalue weighted by Crippen LogP contribution is -1.95. The Kier molecular flexibility index (Phi) is 3.49. The Morgan fingerprint density at radius 1 is 1.06 bits per heavy atom. The van der Waals surface area contributed by atoms with Crippen LogP contribution in [0.3, 0.4) is 0 Å². The minimum absolute atomic E-state index is 0.157. The molecule has 0 aliphatic rings. The fourth-order valence-corrected chi connectivity index (χ4v) is 2.14. The molecule has 2 aromatic rings. The van der Waals surface area contributed by atoms with Crippen LogP contribution in [-0.4, -0.2) is 0 Å². The third kappa shape index (κ3) is 2.86. The average molecular weight is 249 g/mol. The maximum atomic E-state index is 13.9. The molecule has 0 saturated heterocycles. The van der Waals surface area contributed by atoms with Crippen molar-refractivity contribution in [3.63, 3.8) is 0 Å². The molecule has 0 aliphatic heterocycles. The van der Waals surface area contributed by atoms with E-state index in [1.807, 2.05) is 31.2 Å². The summed E-state index contributed by atoms with van der Waals surface area (Å²) in [6.07, 6.45) is 0.577. The van der Waals surface area contributed by atoms with Crippen molar-refractivity contribution >= 4 is 11.6 Å². The van der Waals surface area contributed by atoms with Gasteiger partial charge in [0.05, 0.1) is 0 Å². The Balaban J connectivity index is 2.32. The van der Waals surface area contributed by atoms with E-state index < -0.39 is 0 Å². The fraction of sp³-hybridized carbons (Fsp3) is 0.200. The van der Waals surface area contributed by atoms with Crippen LogP contribution in [0, 0.1) is 19.7 Å². The van der Waals surface area contributed by atoms with Crippen molar-refractivity contribution in [3.05, 3.63) is 69.5 Å². The van der Waals surface area contributed by atoms with Crippen molar-refractivity contribution in [2.45, 2.75) is 20.3 Å². The predicted octanol–water partition coefficient (Wildman–Crippen LogP) is 4.69. The number of hydrogen-bond donors (Lipinski definition) is 0. The van der Waals surface area contributed by atoms with E-state index >= 15 is 0 Å². The maximum Gasteiger partial charge on any atom is 0.129 e. The van der Waals surface area contributed by atoms with Crippen molar-refractivity contribution in [2.24, 2.45) is 0 Å².